The van der Waals surface area contributed by atoms with E-state index in [4.69, 9.17) is 32.5 Å². The summed E-state index contributed by atoms with van der Waals surface area (Å²) in [5, 5.41) is 8.74. The highest BCUT2D eigenvalue weighted by molar-refractivity contribution is 6.30. The van der Waals surface area contributed by atoms with Crippen molar-refractivity contribution in [1.82, 2.24) is 10.2 Å². The normalized spacial score (nSPS) is 16.5. The number of amides is 1. The van der Waals surface area contributed by atoms with E-state index in [0.717, 1.165) is 77.4 Å². The standard InChI is InChI=1S/C29H31ClN6O3/c30-20-2-1-3-21(17-20)35-8-10-36(11-9-35)25-15-18(4-5-23(25)29(32)37)19-14-24-27(28(31)34-33-24)26(16-19)39-22-6-12-38-13-7-22/h1-5,14-17,22H,6-13H2,(H2,32,37)(H3,31,33,34). The van der Waals surface area contributed by atoms with Crippen LogP contribution in [0.25, 0.3) is 22.0 Å². The van der Waals surface area contributed by atoms with Crippen LogP contribution in [0.1, 0.15) is 23.2 Å². The summed E-state index contributed by atoms with van der Waals surface area (Å²) in [4.78, 5) is 16.9. The summed E-state index contributed by atoms with van der Waals surface area (Å²) in [7, 11) is 0. The molecule has 2 fully saturated rings. The van der Waals surface area contributed by atoms with Crippen molar-refractivity contribution in [2.75, 3.05) is 54.9 Å². The lowest BCUT2D eigenvalue weighted by atomic mass is 9.99. The summed E-state index contributed by atoms with van der Waals surface area (Å²) in [5.41, 5.74) is 17.1. The average Bonchev–Trinajstić information content (AvgIpc) is 3.34. The molecule has 10 heteroatoms. The first-order valence-corrected chi connectivity index (χ1v) is 13.6. The molecule has 3 heterocycles. The van der Waals surface area contributed by atoms with Crippen LogP contribution in [-0.2, 0) is 4.74 Å². The molecular formula is C29H31ClN6O3. The maximum absolute atomic E-state index is 12.4. The molecule has 202 valence electrons. The average molecular weight is 547 g/mol. The number of anilines is 3. The number of aromatic amines is 1. The molecule has 6 rings (SSSR count). The fraction of sp³-hybridized carbons (Fsp3) is 0.310. The lowest BCUT2D eigenvalue weighted by Crippen LogP contribution is -2.47. The highest BCUT2D eigenvalue weighted by Gasteiger charge is 2.23. The largest absolute Gasteiger partial charge is 0.489 e. The number of hydrogen-bond donors (Lipinski definition) is 3. The number of rotatable bonds is 6. The minimum atomic E-state index is -0.450. The van der Waals surface area contributed by atoms with Gasteiger partial charge in [0.2, 0.25) is 0 Å². The molecule has 3 aromatic carbocycles. The third-order valence-corrected chi connectivity index (χ3v) is 7.74. The molecule has 39 heavy (non-hydrogen) atoms. The minimum Gasteiger partial charge on any atom is -0.489 e. The first-order chi connectivity index (χ1) is 19.0. The molecule has 5 N–H and O–H groups in total. The number of piperazine rings is 1. The van der Waals surface area contributed by atoms with Crippen LogP contribution in [0.15, 0.2) is 54.6 Å². The summed E-state index contributed by atoms with van der Waals surface area (Å²) in [6, 6.07) is 17.7. The number of aromatic nitrogens is 2. The van der Waals surface area contributed by atoms with E-state index < -0.39 is 5.91 Å². The van der Waals surface area contributed by atoms with Gasteiger partial charge >= 0.3 is 0 Å². The number of ether oxygens (including phenoxy) is 2. The Morgan fingerprint density at radius 2 is 1.77 bits per heavy atom. The molecule has 0 aliphatic carbocycles. The van der Waals surface area contributed by atoms with Crippen molar-refractivity contribution in [3.63, 3.8) is 0 Å². The van der Waals surface area contributed by atoms with Gasteiger partial charge in [-0.25, -0.2) is 0 Å². The number of carbonyl (C=O) groups excluding carboxylic acids is 1. The molecule has 0 saturated carbocycles. The number of primary amides is 1. The van der Waals surface area contributed by atoms with Gasteiger partial charge in [0.1, 0.15) is 11.9 Å². The van der Waals surface area contributed by atoms with Crippen LogP contribution in [-0.4, -0.2) is 61.6 Å². The van der Waals surface area contributed by atoms with Crippen LogP contribution < -0.4 is 26.0 Å². The zero-order valence-corrected chi connectivity index (χ0v) is 22.3. The van der Waals surface area contributed by atoms with Gasteiger partial charge in [-0.15, -0.1) is 0 Å². The lowest BCUT2D eigenvalue weighted by Gasteiger charge is -2.38. The van der Waals surface area contributed by atoms with Crippen LogP contribution in [0.3, 0.4) is 0 Å². The van der Waals surface area contributed by atoms with Gasteiger partial charge in [-0.1, -0.05) is 23.7 Å². The minimum absolute atomic E-state index is 0.0510. The molecular weight excluding hydrogens is 516 g/mol. The van der Waals surface area contributed by atoms with Gasteiger partial charge in [0.25, 0.3) is 5.91 Å². The van der Waals surface area contributed by atoms with Crippen molar-refractivity contribution < 1.29 is 14.3 Å². The van der Waals surface area contributed by atoms with Crippen molar-refractivity contribution in [2.45, 2.75) is 18.9 Å². The zero-order chi connectivity index (χ0) is 26.9. The smallest absolute Gasteiger partial charge is 0.250 e. The maximum atomic E-state index is 12.4. The Morgan fingerprint density at radius 3 is 2.51 bits per heavy atom. The van der Waals surface area contributed by atoms with Gasteiger partial charge in [-0.05, 0) is 53.6 Å². The molecule has 0 spiro atoms. The van der Waals surface area contributed by atoms with Gasteiger partial charge in [0.05, 0.1) is 35.4 Å². The molecule has 0 radical (unpaired) electrons. The van der Waals surface area contributed by atoms with Gasteiger partial charge in [0, 0.05) is 49.7 Å². The Kier molecular flexibility index (Phi) is 6.93. The number of H-pyrrole nitrogens is 1. The molecule has 2 aliphatic rings. The van der Waals surface area contributed by atoms with Crippen LogP contribution in [0, 0.1) is 0 Å². The van der Waals surface area contributed by atoms with Gasteiger partial charge in [-0.3, -0.25) is 9.89 Å². The molecule has 4 aromatic rings. The Hall–Kier alpha value is -3.95. The van der Waals surface area contributed by atoms with E-state index in [1.807, 2.05) is 42.5 Å². The Morgan fingerprint density at radius 1 is 1.00 bits per heavy atom. The van der Waals surface area contributed by atoms with E-state index in [1.54, 1.807) is 6.07 Å². The van der Waals surface area contributed by atoms with Crippen molar-refractivity contribution in [1.29, 1.82) is 0 Å². The molecule has 9 nitrogen and oxygen atoms in total. The fourth-order valence-electron chi connectivity index (χ4n) is 5.44. The van der Waals surface area contributed by atoms with Crippen LogP contribution in [0.2, 0.25) is 5.02 Å². The van der Waals surface area contributed by atoms with Crippen molar-refractivity contribution in [3.8, 4) is 16.9 Å². The number of nitrogens with one attached hydrogen (secondary N) is 1. The molecule has 0 bridgehead atoms. The second-order valence-corrected chi connectivity index (χ2v) is 10.4. The Bertz CT molecular complexity index is 1510. The van der Waals surface area contributed by atoms with E-state index in [9.17, 15) is 4.79 Å². The number of nitrogens with zero attached hydrogens (tertiary/aromatic N) is 3. The quantitative estimate of drug-likeness (QED) is 0.326. The third kappa shape index (κ3) is 5.20. The first-order valence-electron chi connectivity index (χ1n) is 13.2. The van der Waals surface area contributed by atoms with Gasteiger partial charge < -0.3 is 30.7 Å². The number of carbonyl (C=O) groups is 1. The second-order valence-electron chi connectivity index (χ2n) is 9.99. The predicted octanol–water partition coefficient (Wildman–Crippen LogP) is 4.45. The van der Waals surface area contributed by atoms with Gasteiger partial charge in [-0.2, -0.15) is 5.10 Å². The molecule has 0 unspecified atom stereocenters. The zero-order valence-electron chi connectivity index (χ0n) is 21.5. The Balaban J connectivity index is 1.32. The summed E-state index contributed by atoms with van der Waals surface area (Å²) < 4.78 is 11.9. The molecule has 0 atom stereocenters. The number of hydrogen-bond acceptors (Lipinski definition) is 7. The van der Waals surface area contributed by atoms with E-state index >= 15 is 0 Å². The number of benzene rings is 3. The molecule has 1 aromatic heterocycles. The monoisotopic (exact) mass is 546 g/mol. The highest BCUT2D eigenvalue weighted by Crippen LogP contribution is 2.38. The molecule has 2 saturated heterocycles. The van der Waals surface area contributed by atoms with Crippen LogP contribution >= 0.6 is 11.6 Å². The van der Waals surface area contributed by atoms with Gasteiger partial charge in [0.15, 0.2) is 5.82 Å². The predicted molar refractivity (Wildman–Crippen MR) is 155 cm³/mol. The van der Waals surface area contributed by atoms with Crippen molar-refractivity contribution >= 4 is 45.6 Å². The van der Waals surface area contributed by atoms with E-state index in [2.05, 4.69) is 26.1 Å². The van der Waals surface area contributed by atoms with E-state index in [0.29, 0.717) is 30.3 Å². The Labute approximate surface area is 231 Å². The van der Waals surface area contributed by atoms with Crippen molar-refractivity contribution in [2.24, 2.45) is 5.73 Å². The summed E-state index contributed by atoms with van der Waals surface area (Å²) >= 11 is 6.21. The topological polar surface area (TPSA) is 123 Å². The van der Waals surface area contributed by atoms with Crippen LogP contribution in [0.5, 0.6) is 5.75 Å². The number of nitrogen functional groups attached to an aromatic ring is 1. The maximum Gasteiger partial charge on any atom is 0.250 e. The van der Waals surface area contributed by atoms with Crippen molar-refractivity contribution in [3.05, 3.63) is 65.2 Å². The molecule has 2 aliphatic heterocycles. The lowest BCUT2D eigenvalue weighted by molar-refractivity contribution is 0.0262. The highest BCUT2D eigenvalue weighted by atomic mass is 35.5. The summed E-state index contributed by atoms with van der Waals surface area (Å²) in [6.07, 6.45) is 1.69. The molecule has 1 amide bonds. The first kappa shape index (κ1) is 25.3. The number of fused-ring (bicyclic) bond motifs is 1. The van der Waals surface area contributed by atoms with E-state index in [1.165, 1.54) is 0 Å². The summed E-state index contributed by atoms with van der Waals surface area (Å²) in [6.45, 7) is 4.43. The third-order valence-electron chi connectivity index (χ3n) is 7.51. The second kappa shape index (κ2) is 10.7. The number of nitrogens with two attached hydrogens (primary N) is 2. The van der Waals surface area contributed by atoms with E-state index in [-0.39, 0.29) is 6.10 Å². The SMILES string of the molecule is NC(=O)c1ccc(-c2cc(OC3CCOCC3)c3c(N)n[nH]c3c2)cc1N1CCN(c2cccc(Cl)c2)CC1. The number of halogens is 1. The summed E-state index contributed by atoms with van der Waals surface area (Å²) in [5.74, 6) is 0.645. The van der Waals surface area contributed by atoms with Crippen LogP contribution in [0.4, 0.5) is 17.2 Å². The fourth-order valence-corrected chi connectivity index (χ4v) is 5.62.